The summed E-state index contributed by atoms with van der Waals surface area (Å²) in [6.07, 6.45) is 7.16. The van der Waals surface area contributed by atoms with Gasteiger partial charge < -0.3 is 0 Å². The van der Waals surface area contributed by atoms with Gasteiger partial charge in [-0.3, -0.25) is 29.0 Å². The fourth-order valence-electron chi connectivity index (χ4n) is 5.10. The van der Waals surface area contributed by atoms with E-state index in [-0.39, 0.29) is 60.4 Å². The van der Waals surface area contributed by atoms with Gasteiger partial charge >= 0.3 is 0 Å². The number of carbonyl (C=O) groups excluding carboxylic acids is 4. The Morgan fingerprint density at radius 3 is 1.04 bits per heavy atom. The number of carbonyl (C=O) groups is 4. The zero-order valence-electron chi connectivity index (χ0n) is 13.9. The average Bonchev–Trinajstić information content (AvgIpc) is 3.00. The molecule has 6 nitrogen and oxygen atoms in total. The number of imide groups is 2. The summed E-state index contributed by atoms with van der Waals surface area (Å²) in [5, 5.41) is 0. The Kier molecular flexibility index (Phi) is 3.93. The maximum Gasteiger partial charge on any atom is 0.233 e. The van der Waals surface area contributed by atoms with Crippen LogP contribution in [0.15, 0.2) is 0 Å². The average molecular weight is 332 g/mol. The summed E-state index contributed by atoms with van der Waals surface area (Å²) in [4.78, 5) is 52.6. The highest BCUT2D eigenvalue weighted by molar-refractivity contribution is 6.06. The molecule has 2 saturated carbocycles. The smallest absolute Gasteiger partial charge is 0.233 e. The lowest BCUT2D eigenvalue weighted by atomic mass is 9.81. The molecule has 6 heteroatoms. The molecule has 4 atom stereocenters. The molecule has 2 heterocycles. The number of amides is 4. The van der Waals surface area contributed by atoms with Gasteiger partial charge in [-0.15, -0.1) is 0 Å². The molecule has 0 aromatic carbocycles. The molecule has 130 valence electrons. The zero-order valence-corrected chi connectivity index (χ0v) is 13.9. The Morgan fingerprint density at radius 1 is 0.542 bits per heavy atom. The first kappa shape index (κ1) is 15.8. The molecule has 4 unspecified atom stereocenters. The monoisotopic (exact) mass is 332 g/mol. The van der Waals surface area contributed by atoms with Gasteiger partial charge in [0, 0.05) is 13.1 Å². The Labute approximate surface area is 141 Å². The van der Waals surface area contributed by atoms with E-state index in [1.807, 2.05) is 0 Å². The predicted octanol–water partition coefficient (Wildman–Crippen LogP) is 1.34. The third-order valence-corrected chi connectivity index (χ3v) is 6.41. The van der Waals surface area contributed by atoms with Crippen molar-refractivity contribution in [2.24, 2.45) is 23.7 Å². The second kappa shape index (κ2) is 5.97. The lowest BCUT2D eigenvalue weighted by Crippen LogP contribution is -2.41. The van der Waals surface area contributed by atoms with Crippen molar-refractivity contribution < 1.29 is 19.2 Å². The maximum atomic E-state index is 12.5. The molecule has 0 aromatic heterocycles. The Bertz CT molecular complexity index is 502. The van der Waals surface area contributed by atoms with Crippen LogP contribution in [0.25, 0.3) is 0 Å². The second-order valence-corrected chi connectivity index (χ2v) is 7.65. The number of likely N-dealkylation sites (tertiary alicyclic amines) is 2. The third kappa shape index (κ3) is 2.30. The molecule has 0 radical (unpaired) electrons. The summed E-state index contributed by atoms with van der Waals surface area (Å²) in [6.45, 7) is 0.336. The summed E-state index contributed by atoms with van der Waals surface area (Å²) in [6, 6.07) is 0. The van der Waals surface area contributed by atoms with Crippen LogP contribution in [-0.4, -0.2) is 46.5 Å². The van der Waals surface area contributed by atoms with Crippen LogP contribution in [-0.2, 0) is 19.2 Å². The van der Waals surface area contributed by atoms with Gasteiger partial charge in [-0.2, -0.15) is 0 Å². The molecule has 4 amide bonds. The number of fused-ring (bicyclic) bond motifs is 2. The van der Waals surface area contributed by atoms with Crippen molar-refractivity contribution >= 4 is 23.6 Å². The predicted molar refractivity (Wildman–Crippen MR) is 84.3 cm³/mol. The molecule has 24 heavy (non-hydrogen) atoms. The van der Waals surface area contributed by atoms with Crippen LogP contribution < -0.4 is 0 Å². The minimum absolute atomic E-state index is 0.0961. The highest BCUT2D eigenvalue weighted by atomic mass is 16.2. The van der Waals surface area contributed by atoms with Gasteiger partial charge in [0.05, 0.1) is 23.7 Å². The van der Waals surface area contributed by atoms with E-state index in [0.29, 0.717) is 0 Å². The van der Waals surface area contributed by atoms with Crippen LogP contribution in [0.3, 0.4) is 0 Å². The Balaban J connectivity index is 1.43. The SMILES string of the molecule is O=C1C2CCCCC2C(=O)N1CCN1C(=O)C2CCCCC2C1=O. The molecule has 2 aliphatic heterocycles. The van der Waals surface area contributed by atoms with E-state index in [4.69, 9.17) is 0 Å². The molecule has 0 bridgehead atoms. The number of hydrogen-bond acceptors (Lipinski definition) is 4. The van der Waals surface area contributed by atoms with Gasteiger partial charge in [-0.25, -0.2) is 0 Å². The minimum atomic E-state index is -0.168. The standard InChI is InChI=1S/C18H24N2O4/c21-15-11-5-1-2-6-12(11)16(22)19(15)9-10-20-17(23)13-7-3-4-8-14(13)18(20)24/h11-14H,1-10H2. The molecule has 4 rings (SSSR count). The fraction of sp³-hybridized carbons (Fsp3) is 0.778. The molecule has 0 N–H and O–H groups in total. The summed E-state index contributed by atoms with van der Waals surface area (Å²) >= 11 is 0. The zero-order chi connectivity index (χ0) is 16.8. The van der Waals surface area contributed by atoms with Crippen LogP contribution in [0.4, 0.5) is 0 Å². The number of nitrogens with zero attached hydrogens (tertiary/aromatic N) is 2. The lowest BCUT2D eigenvalue weighted by molar-refractivity contribution is -0.145. The molecule has 4 aliphatic rings. The van der Waals surface area contributed by atoms with E-state index in [1.54, 1.807) is 0 Å². The van der Waals surface area contributed by atoms with Crippen molar-refractivity contribution in [2.75, 3.05) is 13.1 Å². The summed E-state index contributed by atoms with van der Waals surface area (Å²) < 4.78 is 0. The van der Waals surface area contributed by atoms with Gasteiger partial charge in [0.15, 0.2) is 0 Å². The van der Waals surface area contributed by atoms with E-state index in [0.717, 1.165) is 51.4 Å². The van der Waals surface area contributed by atoms with Crippen molar-refractivity contribution in [1.82, 2.24) is 9.80 Å². The van der Waals surface area contributed by atoms with Gasteiger partial charge in [-0.1, -0.05) is 25.7 Å². The highest BCUT2D eigenvalue weighted by Gasteiger charge is 2.50. The summed E-state index contributed by atoms with van der Waals surface area (Å²) in [5.74, 6) is -1.06. The van der Waals surface area contributed by atoms with Crippen LogP contribution in [0.2, 0.25) is 0 Å². The fourth-order valence-corrected chi connectivity index (χ4v) is 5.10. The Morgan fingerprint density at radius 2 is 0.792 bits per heavy atom. The molecular formula is C18H24N2O4. The van der Waals surface area contributed by atoms with E-state index in [2.05, 4.69) is 0 Å². The summed E-state index contributed by atoms with van der Waals surface area (Å²) in [5.41, 5.74) is 0. The van der Waals surface area contributed by atoms with Crippen LogP contribution >= 0.6 is 0 Å². The second-order valence-electron chi connectivity index (χ2n) is 7.65. The molecular weight excluding hydrogens is 308 g/mol. The topological polar surface area (TPSA) is 74.8 Å². The molecule has 4 fully saturated rings. The van der Waals surface area contributed by atoms with Crippen LogP contribution in [0.5, 0.6) is 0 Å². The lowest BCUT2D eigenvalue weighted by Gasteiger charge is -2.20. The van der Waals surface area contributed by atoms with Crippen molar-refractivity contribution in [3.05, 3.63) is 0 Å². The maximum absolute atomic E-state index is 12.5. The van der Waals surface area contributed by atoms with Gasteiger partial charge in [0.25, 0.3) is 0 Å². The van der Waals surface area contributed by atoms with Crippen molar-refractivity contribution in [3.63, 3.8) is 0 Å². The van der Waals surface area contributed by atoms with Gasteiger partial charge in [0.2, 0.25) is 23.6 Å². The first-order valence-electron chi connectivity index (χ1n) is 9.30. The first-order chi connectivity index (χ1) is 11.6. The van der Waals surface area contributed by atoms with Crippen LogP contribution in [0, 0.1) is 23.7 Å². The van der Waals surface area contributed by atoms with E-state index < -0.39 is 0 Å². The largest absolute Gasteiger partial charge is 0.280 e. The summed E-state index contributed by atoms with van der Waals surface area (Å²) in [7, 11) is 0. The number of rotatable bonds is 3. The van der Waals surface area contributed by atoms with Crippen molar-refractivity contribution in [2.45, 2.75) is 51.4 Å². The molecule has 0 aromatic rings. The normalized spacial score (nSPS) is 36.3. The molecule has 2 saturated heterocycles. The highest BCUT2D eigenvalue weighted by Crippen LogP contribution is 2.39. The molecule has 2 aliphatic carbocycles. The van der Waals surface area contributed by atoms with Crippen molar-refractivity contribution in [1.29, 1.82) is 0 Å². The van der Waals surface area contributed by atoms with E-state index in [1.165, 1.54) is 9.80 Å². The van der Waals surface area contributed by atoms with Crippen LogP contribution in [0.1, 0.15) is 51.4 Å². The van der Waals surface area contributed by atoms with Crippen molar-refractivity contribution in [3.8, 4) is 0 Å². The van der Waals surface area contributed by atoms with E-state index >= 15 is 0 Å². The van der Waals surface area contributed by atoms with Gasteiger partial charge in [0.1, 0.15) is 0 Å². The number of hydrogen-bond donors (Lipinski definition) is 0. The third-order valence-electron chi connectivity index (χ3n) is 6.41. The van der Waals surface area contributed by atoms with Gasteiger partial charge in [-0.05, 0) is 25.7 Å². The quantitative estimate of drug-likeness (QED) is 0.731. The molecule has 0 spiro atoms. The first-order valence-corrected chi connectivity index (χ1v) is 9.30. The van der Waals surface area contributed by atoms with E-state index in [9.17, 15) is 19.2 Å². The Hall–Kier alpha value is -1.72. The minimum Gasteiger partial charge on any atom is -0.280 e.